The van der Waals surface area contributed by atoms with Gasteiger partial charge >= 0.3 is 0 Å². The Bertz CT molecular complexity index is 716. The van der Waals surface area contributed by atoms with E-state index in [1.54, 1.807) is 7.11 Å². The molecule has 2 aromatic rings. The number of rotatable bonds is 8. The zero-order valence-electron chi connectivity index (χ0n) is 15.9. The number of β-amino-alcohol motifs (C(OH)–C–C–N with tert-alkyl or cyclic N) is 1. The molecule has 1 aromatic carbocycles. The Balaban J connectivity index is 1.62. The first-order chi connectivity index (χ1) is 12.6. The minimum Gasteiger partial charge on any atom is -0.496 e. The molecule has 0 spiro atoms. The van der Waals surface area contributed by atoms with Crippen LogP contribution in [0.5, 0.6) is 5.75 Å². The normalized spacial score (nSPS) is 20.6. The molecule has 0 unspecified atom stereocenters. The van der Waals surface area contributed by atoms with Gasteiger partial charge in [0, 0.05) is 43.4 Å². The lowest BCUT2D eigenvalue weighted by Crippen LogP contribution is -2.21. The average molecular weight is 359 g/mol. The molecule has 3 rings (SSSR count). The summed E-state index contributed by atoms with van der Waals surface area (Å²) in [6.45, 7) is 7.61. The molecule has 6 heteroatoms. The van der Waals surface area contributed by atoms with Crippen LogP contribution in [0.15, 0.2) is 24.3 Å². The van der Waals surface area contributed by atoms with E-state index in [1.807, 2.05) is 19.9 Å². The Kier molecular flexibility index (Phi) is 6.29. The van der Waals surface area contributed by atoms with Gasteiger partial charge in [-0.25, -0.2) is 0 Å². The Morgan fingerprint density at radius 3 is 2.85 bits per heavy atom. The SMILES string of the molecule is CCOCc1cc(CN2C[C@@H](Cc3cc(C)[nH]n3)[C@@H](O)C2)ccc1OC. The van der Waals surface area contributed by atoms with Gasteiger partial charge in [0.25, 0.3) is 0 Å². The fourth-order valence-electron chi connectivity index (χ4n) is 3.63. The first-order valence-corrected chi connectivity index (χ1v) is 9.24. The van der Waals surface area contributed by atoms with E-state index in [0.717, 1.165) is 42.2 Å². The van der Waals surface area contributed by atoms with Crippen molar-refractivity contribution in [3.8, 4) is 5.75 Å². The van der Waals surface area contributed by atoms with Crippen molar-refractivity contribution >= 4 is 0 Å². The van der Waals surface area contributed by atoms with E-state index in [2.05, 4.69) is 33.3 Å². The summed E-state index contributed by atoms with van der Waals surface area (Å²) >= 11 is 0. The van der Waals surface area contributed by atoms with Gasteiger partial charge in [-0.1, -0.05) is 6.07 Å². The van der Waals surface area contributed by atoms with Crippen LogP contribution in [-0.2, 0) is 24.3 Å². The van der Waals surface area contributed by atoms with Gasteiger partial charge in [-0.3, -0.25) is 10.00 Å². The summed E-state index contributed by atoms with van der Waals surface area (Å²) in [5.74, 6) is 1.08. The lowest BCUT2D eigenvalue weighted by atomic mass is 10.0. The van der Waals surface area contributed by atoms with Crippen molar-refractivity contribution in [1.82, 2.24) is 15.1 Å². The number of benzene rings is 1. The van der Waals surface area contributed by atoms with Crippen LogP contribution in [0.1, 0.15) is 29.4 Å². The molecule has 0 amide bonds. The second-order valence-corrected chi connectivity index (χ2v) is 7.05. The van der Waals surface area contributed by atoms with Crippen LogP contribution in [-0.4, -0.2) is 53.1 Å². The third kappa shape index (κ3) is 4.63. The number of hydrogen-bond acceptors (Lipinski definition) is 5. The van der Waals surface area contributed by atoms with Crippen LogP contribution < -0.4 is 4.74 Å². The maximum absolute atomic E-state index is 10.4. The first kappa shape index (κ1) is 18.9. The third-order valence-electron chi connectivity index (χ3n) is 4.93. The van der Waals surface area contributed by atoms with Crippen molar-refractivity contribution in [3.63, 3.8) is 0 Å². The second kappa shape index (κ2) is 8.66. The molecule has 0 aliphatic carbocycles. The van der Waals surface area contributed by atoms with Crippen molar-refractivity contribution in [1.29, 1.82) is 0 Å². The molecule has 0 radical (unpaired) electrons. The summed E-state index contributed by atoms with van der Waals surface area (Å²) in [7, 11) is 1.68. The minimum absolute atomic E-state index is 0.221. The van der Waals surface area contributed by atoms with Crippen molar-refractivity contribution in [2.45, 2.75) is 39.5 Å². The fourth-order valence-corrected chi connectivity index (χ4v) is 3.63. The topological polar surface area (TPSA) is 70.6 Å². The standard InChI is InChI=1S/C20H29N3O3/c1-4-26-13-17-8-15(5-6-20(17)25-3)10-23-11-16(19(24)12-23)9-18-7-14(2)21-22-18/h5-8,16,19,24H,4,9-13H2,1-3H3,(H,21,22)/t16-,19+/m1/s1. The highest BCUT2D eigenvalue weighted by molar-refractivity contribution is 5.37. The molecule has 2 atom stereocenters. The van der Waals surface area contributed by atoms with Crippen molar-refractivity contribution in [2.75, 3.05) is 26.8 Å². The van der Waals surface area contributed by atoms with Crippen molar-refractivity contribution in [2.24, 2.45) is 5.92 Å². The number of H-pyrrole nitrogens is 1. The molecular formula is C20H29N3O3. The zero-order valence-corrected chi connectivity index (χ0v) is 15.9. The van der Waals surface area contributed by atoms with E-state index in [-0.39, 0.29) is 12.0 Å². The molecule has 1 saturated heterocycles. The molecule has 0 bridgehead atoms. The maximum Gasteiger partial charge on any atom is 0.124 e. The molecule has 2 heterocycles. The van der Waals surface area contributed by atoms with Gasteiger partial charge in [0.2, 0.25) is 0 Å². The van der Waals surface area contributed by atoms with Gasteiger partial charge in [0.15, 0.2) is 0 Å². The van der Waals surface area contributed by atoms with Crippen molar-refractivity contribution < 1.29 is 14.6 Å². The monoisotopic (exact) mass is 359 g/mol. The first-order valence-electron chi connectivity index (χ1n) is 9.24. The lowest BCUT2D eigenvalue weighted by molar-refractivity contribution is 0.131. The number of aliphatic hydroxyl groups is 1. The Morgan fingerprint density at radius 2 is 2.15 bits per heavy atom. The van der Waals surface area contributed by atoms with Gasteiger partial charge in [-0.15, -0.1) is 0 Å². The summed E-state index contributed by atoms with van der Waals surface area (Å²) in [6, 6.07) is 8.29. The van der Waals surface area contributed by atoms with Crippen LogP contribution in [0.4, 0.5) is 0 Å². The van der Waals surface area contributed by atoms with Crippen molar-refractivity contribution in [3.05, 3.63) is 46.8 Å². The highest BCUT2D eigenvalue weighted by Gasteiger charge is 2.31. The van der Waals surface area contributed by atoms with Gasteiger partial charge in [-0.05, 0) is 44.0 Å². The summed E-state index contributed by atoms with van der Waals surface area (Å²) < 4.78 is 11.0. The Labute approximate surface area is 155 Å². The molecule has 6 nitrogen and oxygen atoms in total. The third-order valence-corrected chi connectivity index (χ3v) is 4.93. The van der Waals surface area contributed by atoms with Gasteiger partial charge < -0.3 is 14.6 Å². The van der Waals surface area contributed by atoms with Gasteiger partial charge in [0.1, 0.15) is 5.75 Å². The number of aromatic amines is 1. The number of methoxy groups -OCH3 is 1. The van der Waals surface area contributed by atoms with Crippen LogP contribution in [0.2, 0.25) is 0 Å². The molecule has 1 aliphatic heterocycles. The lowest BCUT2D eigenvalue weighted by Gasteiger charge is -2.17. The summed E-state index contributed by atoms with van der Waals surface area (Å²) in [5, 5.41) is 17.7. The molecule has 26 heavy (non-hydrogen) atoms. The Hall–Kier alpha value is -1.89. The predicted octanol–water partition coefficient (Wildman–Crippen LogP) is 2.30. The number of aryl methyl sites for hydroxylation is 1. The van der Waals surface area contributed by atoms with Crippen LogP contribution in [0, 0.1) is 12.8 Å². The highest BCUT2D eigenvalue weighted by Crippen LogP contribution is 2.25. The number of ether oxygens (including phenoxy) is 2. The summed E-state index contributed by atoms with van der Waals surface area (Å²) in [5.41, 5.74) is 4.36. The number of aliphatic hydroxyl groups excluding tert-OH is 1. The van der Waals surface area contributed by atoms with Crippen LogP contribution >= 0.6 is 0 Å². The molecule has 2 N–H and O–H groups in total. The number of hydrogen-bond donors (Lipinski definition) is 2. The molecule has 1 fully saturated rings. The van der Waals surface area contributed by atoms with E-state index < -0.39 is 0 Å². The number of likely N-dealkylation sites (tertiary alicyclic amines) is 1. The molecule has 1 aliphatic rings. The summed E-state index contributed by atoms with van der Waals surface area (Å²) in [4.78, 5) is 2.31. The smallest absolute Gasteiger partial charge is 0.124 e. The van der Waals surface area contributed by atoms with E-state index in [4.69, 9.17) is 9.47 Å². The quantitative estimate of drug-likeness (QED) is 0.757. The van der Waals surface area contributed by atoms with E-state index >= 15 is 0 Å². The molecule has 0 saturated carbocycles. The summed E-state index contributed by atoms with van der Waals surface area (Å²) in [6.07, 6.45) is 0.494. The second-order valence-electron chi connectivity index (χ2n) is 7.05. The number of nitrogens with one attached hydrogen (secondary N) is 1. The Morgan fingerprint density at radius 1 is 1.31 bits per heavy atom. The largest absolute Gasteiger partial charge is 0.496 e. The zero-order chi connectivity index (χ0) is 18.5. The van der Waals surface area contributed by atoms with Gasteiger partial charge in [0.05, 0.1) is 25.5 Å². The number of aromatic nitrogens is 2. The highest BCUT2D eigenvalue weighted by atomic mass is 16.5. The van der Waals surface area contributed by atoms with E-state index in [1.165, 1.54) is 5.56 Å². The van der Waals surface area contributed by atoms with E-state index in [0.29, 0.717) is 19.8 Å². The fraction of sp³-hybridized carbons (Fsp3) is 0.550. The van der Waals surface area contributed by atoms with Crippen LogP contribution in [0.25, 0.3) is 0 Å². The predicted molar refractivity (Wildman–Crippen MR) is 100 cm³/mol. The molecule has 1 aromatic heterocycles. The minimum atomic E-state index is -0.312. The van der Waals surface area contributed by atoms with Crippen LogP contribution in [0.3, 0.4) is 0 Å². The van der Waals surface area contributed by atoms with E-state index in [9.17, 15) is 5.11 Å². The average Bonchev–Trinajstić information content (AvgIpc) is 3.19. The van der Waals surface area contributed by atoms with Gasteiger partial charge in [-0.2, -0.15) is 5.10 Å². The maximum atomic E-state index is 10.4. The number of nitrogens with zero attached hydrogens (tertiary/aromatic N) is 2. The molecular weight excluding hydrogens is 330 g/mol. The molecule has 142 valence electrons.